The maximum atomic E-state index is 5.29. The van der Waals surface area contributed by atoms with Crippen molar-refractivity contribution < 1.29 is 4.42 Å². The van der Waals surface area contributed by atoms with E-state index in [0.717, 1.165) is 29.2 Å². The molecule has 3 rings (SSSR count). The number of nitrogens with one attached hydrogen (secondary N) is 1. The third-order valence-electron chi connectivity index (χ3n) is 2.62. The zero-order valence-electron chi connectivity index (χ0n) is 9.22. The smallest absolute Gasteiger partial charge is 0.117 e. The van der Waals surface area contributed by atoms with Gasteiger partial charge in [0, 0.05) is 18.4 Å². The number of nitrogens with zero attached hydrogens (tertiary/aromatic N) is 1. The van der Waals surface area contributed by atoms with Crippen LogP contribution in [0.1, 0.15) is 5.76 Å². The quantitative estimate of drug-likeness (QED) is 0.762. The fourth-order valence-corrected chi connectivity index (χ4v) is 2.56. The van der Waals surface area contributed by atoms with E-state index in [1.165, 1.54) is 16.9 Å². The van der Waals surface area contributed by atoms with Gasteiger partial charge in [-0.2, -0.15) is 4.37 Å². The number of furan rings is 1. The van der Waals surface area contributed by atoms with E-state index in [2.05, 4.69) is 15.8 Å². The molecule has 0 radical (unpaired) electrons. The fraction of sp³-hybridized carbons (Fsp3) is 0.154. The average molecular weight is 244 g/mol. The van der Waals surface area contributed by atoms with Gasteiger partial charge in [-0.05, 0) is 35.8 Å². The fourth-order valence-electron chi connectivity index (χ4n) is 1.77. The van der Waals surface area contributed by atoms with Gasteiger partial charge in [0.1, 0.15) is 10.8 Å². The first-order valence-electron chi connectivity index (χ1n) is 5.54. The average Bonchev–Trinajstić information content (AvgIpc) is 2.99. The number of rotatable bonds is 4. The van der Waals surface area contributed by atoms with Gasteiger partial charge in [-0.15, -0.1) is 0 Å². The summed E-state index contributed by atoms with van der Waals surface area (Å²) < 4.78 is 9.68. The van der Waals surface area contributed by atoms with Crippen molar-refractivity contribution in [2.24, 2.45) is 0 Å². The molecule has 0 bridgehead atoms. The minimum absolute atomic E-state index is 0.861. The van der Waals surface area contributed by atoms with Crippen molar-refractivity contribution in [2.45, 2.75) is 6.42 Å². The van der Waals surface area contributed by atoms with Crippen molar-refractivity contribution in [1.82, 2.24) is 4.37 Å². The van der Waals surface area contributed by atoms with Gasteiger partial charge >= 0.3 is 0 Å². The number of hydrogen-bond acceptors (Lipinski definition) is 4. The van der Waals surface area contributed by atoms with Crippen molar-refractivity contribution in [3.8, 4) is 0 Å². The van der Waals surface area contributed by atoms with Crippen LogP contribution in [0.2, 0.25) is 0 Å². The highest BCUT2D eigenvalue weighted by Gasteiger charge is 2.04. The molecular weight excluding hydrogens is 232 g/mol. The van der Waals surface area contributed by atoms with Crippen LogP contribution in [0.5, 0.6) is 0 Å². The second-order valence-electron chi connectivity index (χ2n) is 3.78. The standard InChI is InChI=1S/C13H12N2OS/c1-2-6-12-11(5-1)13(17-15-12)14-8-7-10-4-3-9-16-10/h1-6,9,14H,7-8H2. The Kier molecular flexibility index (Phi) is 2.80. The minimum Gasteiger partial charge on any atom is -0.469 e. The maximum absolute atomic E-state index is 5.29. The molecule has 0 fully saturated rings. The van der Waals surface area contributed by atoms with Crippen LogP contribution in [0, 0.1) is 0 Å². The molecule has 86 valence electrons. The topological polar surface area (TPSA) is 38.1 Å². The minimum atomic E-state index is 0.861. The molecule has 0 spiro atoms. The summed E-state index contributed by atoms with van der Waals surface area (Å²) in [4.78, 5) is 0. The molecule has 0 saturated carbocycles. The number of hydrogen-bond donors (Lipinski definition) is 1. The molecule has 17 heavy (non-hydrogen) atoms. The van der Waals surface area contributed by atoms with Crippen LogP contribution >= 0.6 is 11.5 Å². The van der Waals surface area contributed by atoms with E-state index in [0.29, 0.717) is 0 Å². The van der Waals surface area contributed by atoms with E-state index in [1.54, 1.807) is 6.26 Å². The van der Waals surface area contributed by atoms with Crippen LogP contribution in [0.25, 0.3) is 10.9 Å². The maximum Gasteiger partial charge on any atom is 0.117 e. The second-order valence-corrected chi connectivity index (χ2v) is 4.56. The third kappa shape index (κ3) is 2.17. The van der Waals surface area contributed by atoms with E-state index in [4.69, 9.17) is 4.42 Å². The highest BCUT2D eigenvalue weighted by Crippen LogP contribution is 2.26. The lowest BCUT2D eigenvalue weighted by atomic mass is 10.2. The van der Waals surface area contributed by atoms with Crippen LogP contribution in [0.3, 0.4) is 0 Å². The Balaban J connectivity index is 1.69. The molecule has 0 saturated heterocycles. The molecule has 0 aliphatic carbocycles. The van der Waals surface area contributed by atoms with Gasteiger partial charge in [0.25, 0.3) is 0 Å². The van der Waals surface area contributed by atoms with Crippen molar-refractivity contribution >= 4 is 27.4 Å². The molecule has 0 amide bonds. The number of anilines is 1. The largest absolute Gasteiger partial charge is 0.469 e. The molecule has 4 heteroatoms. The molecule has 1 aromatic carbocycles. The van der Waals surface area contributed by atoms with Gasteiger partial charge in [0.15, 0.2) is 0 Å². The number of fused-ring (bicyclic) bond motifs is 1. The van der Waals surface area contributed by atoms with Crippen LogP contribution in [-0.4, -0.2) is 10.9 Å². The second kappa shape index (κ2) is 4.59. The Morgan fingerprint density at radius 3 is 3.00 bits per heavy atom. The normalized spacial score (nSPS) is 10.8. The highest BCUT2D eigenvalue weighted by atomic mass is 32.1. The third-order valence-corrected chi connectivity index (χ3v) is 3.46. The zero-order chi connectivity index (χ0) is 11.5. The molecule has 0 atom stereocenters. The molecule has 3 aromatic rings. The van der Waals surface area contributed by atoms with E-state index < -0.39 is 0 Å². The summed E-state index contributed by atoms with van der Waals surface area (Å²) in [6.07, 6.45) is 2.59. The van der Waals surface area contributed by atoms with Crippen molar-refractivity contribution in [3.05, 3.63) is 48.4 Å². The lowest BCUT2D eigenvalue weighted by Gasteiger charge is -2.01. The molecule has 2 aromatic heterocycles. The predicted molar refractivity (Wildman–Crippen MR) is 70.5 cm³/mol. The Bertz CT molecular complexity index is 601. The van der Waals surface area contributed by atoms with Gasteiger partial charge in [-0.3, -0.25) is 0 Å². The first kappa shape index (κ1) is 10.4. The van der Waals surface area contributed by atoms with E-state index in [1.807, 2.05) is 30.3 Å². The van der Waals surface area contributed by atoms with Gasteiger partial charge in [-0.25, -0.2) is 0 Å². The molecule has 3 nitrogen and oxygen atoms in total. The van der Waals surface area contributed by atoms with Crippen LogP contribution in [0.15, 0.2) is 47.1 Å². The Morgan fingerprint density at radius 1 is 1.18 bits per heavy atom. The lowest BCUT2D eigenvalue weighted by molar-refractivity contribution is 0.513. The van der Waals surface area contributed by atoms with E-state index >= 15 is 0 Å². The summed E-state index contributed by atoms with van der Waals surface area (Å²) in [6, 6.07) is 12.1. The van der Waals surface area contributed by atoms with E-state index in [9.17, 15) is 0 Å². The molecule has 1 N–H and O–H groups in total. The van der Waals surface area contributed by atoms with Crippen LogP contribution in [-0.2, 0) is 6.42 Å². The van der Waals surface area contributed by atoms with Crippen molar-refractivity contribution in [1.29, 1.82) is 0 Å². The lowest BCUT2D eigenvalue weighted by Crippen LogP contribution is -2.02. The summed E-state index contributed by atoms with van der Waals surface area (Å²) >= 11 is 1.51. The highest BCUT2D eigenvalue weighted by molar-refractivity contribution is 7.11. The van der Waals surface area contributed by atoms with Crippen molar-refractivity contribution in [2.75, 3.05) is 11.9 Å². The first-order chi connectivity index (χ1) is 8.43. The molecule has 0 unspecified atom stereocenters. The molecule has 2 heterocycles. The monoisotopic (exact) mass is 244 g/mol. The van der Waals surface area contributed by atoms with Crippen LogP contribution in [0.4, 0.5) is 5.00 Å². The van der Waals surface area contributed by atoms with Gasteiger partial charge in [0.2, 0.25) is 0 Å². The van der Waals surface area contributed by atoms with Gasteiger partial charge < -0.3 is 9.73 Å². The van der Waals surface area contributed by atoms with Crippen LogP contribution < -0.4 is 5.32 Å². The number of benzene rings is 1. The SMILES string of the molecule is c1coc(CCNc2snc3ccccc23)c1. The van der Waals surface area contributed by atoms with Gasteiger partial charge in [0.05, 0.1) is 11.8 Å². The molecule has 0 aliphatic rings. The summed E-state index contributed by atoms with van der Waals surface area (Å²) in [5.41, 5.74) is 1.05. The number of aromatic nitrogens is 1. The van der Waals surface area contributed by atoms with Gasteiger partial charge in [-0.1, -0.05) is 12.1 Å². The first-order valence-corrected chi connectivity index (χ1v) is 6.31. The summed E-state index contributed by atoms with van der Waals surface area (Å²) in [6.45, 7) is 0.861. The Hall–Kier alpha value is -1.81. The zero-order valence-corrected chi connectivity index (χ0v) is 10.0. The predicted octanol–water partition coefficient (Wildman–Crippen LogP) is 3.54. The molecule has 0 aliphatic heterocycles. The Morgan fingerprint density at radius 2 is 2.12 bits per heavy atom. The summed E-state index contributed by atoms with van der Waals surface area (Å²) in [5.74, 6) is 1.01. The summed E-state index contributed by atoms with van der Waals surface area (Å²) in [5, 5.41) is 5.73. The molecular formula is C13H12N2OS. The van der Waals surface area contributed by atoms with E-state index in [-0.39, 0.29) is 0 Å². The van der Waals surface area contributed by atoms with Crippen molar-refractivity contribution in [3.63, 3.8) is 0 Å². The Labute approximate surface area is 103 Å². The summed E-state index contributed by atoms with van der Waals surface area (Å²) in [7, 11) is 0.